The summed E-state index contributed by atoms with van der Waals surface area (Å²) >= 11 is 0. The number of hydrogen-bond acceptors (Lipinski definition) is 0. The summed E-state index contributed by atoms with van der Waals surface area (Å²) in [5.41, 5.74) is 12.4. The third-order valence-corrected chi connectivity index (χ3v) is 9.74. The fraction of sp³-hybridized carbons (Fsp3) is 0.0222. The zero-order valence-electron chi connectivity index (χ0n) is 24.8. The molecule has 0 nitrogen and oxygen atoms in total. The minimum Gasteiger partial charge on any atom is -0.0622 e. The lowest BCUT2D eigenvalue weighted by Crippen LogP contribution is -2.28. The molecule has 0 bridgehead atoms. The van der Waals surface area contributed by atoms with Crippen molar-refractivity contribution in [2.75, 3.05) is 0 Å². The third-order valence-electron chi connectivity index (χ3n) is 9.74. The van der Waals surface area contributed by atoms with Gasteiger partial charge >= 0.3 is 0 Å². The summed E-state index contributed by atoms with van der Waals surface area (Å²) in [5, 5.41) is 5.10. The Morgan fingerprint density at radius 2 is 0.889 bits per heavy atom. The molecule has 210 valence electrons. The van der Waals surface area contributed by atoms with E-state index >= 15 is 0 Å². The molecule has 1 aliphatic carbocycles. The highest BCUT2D eigenvalue weighted by Crippen LogP contribution is 2.59. The van der Waals surface area contributed by atoms with Crippen LogP contribution < -0.4 is 0 Å². The number of fused-ring (bicyclic) bond motifs is 6. The predicted molar refractivity (Wildman–Crippen MR) is 190 cm³/mol. The molecule has 1 aliphatic rings. The van der Waals surface area contributed by atoms with Gasteiger partial charge in [0.15, 0.2) is 0 Å². The van der Waals surface area contributed by atoms with Crippen LogP contribution in [0.25, 0.3) is 54.9 Å². The Morgan fingerprint density at radius 3 is 1.60 bits per heavy atom. The first kappa shape index (κ1) is 25.7. The van der Waals surface area contributed by atoms with Gasteiger partial charge in [-0.05, 0) is 89.3 Å². The Balaban J connectivity index is 1.47. The molecule has 0 aliphatic heterocycles. The first-order chi connectivity index (χ1) is 22.3. The van der Waals surface area contributed by atoms with Crippen molar-refractivity contribution in [2.45, 2.75) is 5.41 Å². The Hall–Kier alpha value is -5.72. The van der Waals surface area contributed by atoms with Crippen molar-refractivity contribution >= 4 is 21.5 Å². The van der Waals surface area contributed by atoms with Crippen LogP contribution >= 0.6 is 0 Å². The topological polar surface area (TPSA) is 0 Å². The van der Waals surface area contributed by atoms with E-state index in [2.05, 4.69) is 182 Å². The van der Waals surface area contributed by atoms with E-state index in [1.807, 2.05) is 0 Å². The molecule has 0 amide bonds. The van der Waals surface area contributed by atoms with Gasteiger partial charge in [0.25, 0.3) is 0 Å². The van der Waals surface area contributed by atoms with Crippen molar-refractivity contribution in [2.24, 2.45) is 0 Å². The van der Waals surface area contributed by atoms with Crippen LogP contribution in [0.3, 0.4) is 0 Å². The molecule has 0 unspecified atom stereocenters. The van der Waals surface area contributed by atoms with Gasteiger partial charge in [-0.1, -0.05) is 170 Å². The van der Waals surface area contributed by atoms with Gasteiger partial charge in [-0.3, -0.25) is 0 Å². The molecular formula is C45H30. The van der Waals surface area contributed by atoms with Gasteiger partial charge in [-0.25, -0.2) is 0 Å². The Kier molecular flexibility index (Phi) is 5.83. The van der Waals surface area contributed by atoms with Crippen LogP contribution in [0.4, 0.5) is 0 Å². The average Bonchev–Trinajstić information content (AvgIpc) is 3.42. The molecule has 8 aromatic rings. The first-order valence-corrected chi connectivity index (χ1v) is 15.7. The molecule has 0 saturated carbocycles. The molecule has 45 heavy (non-hydrogen) atoms. The molecule has 0 N–H and O–H groups in total. The standard InChI is InChI=1S/C45H30/c1-4-15-31(16-5-1)33-27-28-40-42(29-33)45(34-19-6-2-7-20-34,35-21-8-3-9-22-35)43-30-41(38-24-12-13-25-39(38)44(40)43)37-26-14-18-32-17-10-11-23-36(32)37/h1-30H. The highest BCUT2D eigenvalue weighted by molar-refractivity contribution is 6.13. The van der Waals surface area contributed by atoms with Crippen molar-refractivity contribution in [3.63, 3.8) is 0 Å². The van der Waals surface area contributed by atoms with E-state index < -0.39 is 5.41 Å². The highest BCUT2D eigenvalue weighted by Gasteiger charge is 2.47. The minimum absolute atomic E-state index is 0.499. The van der Waals surface area contributed by atoms with E-state index in [4.69, 9.17) is 0 Å². The van der Waals surface area contributed by atoms with Crippen molar-refractivity contribution < 1.29 is 0 Å². The zero-order valence-corrected chi connectivity index (χ0v) is 24.8. The summed E-state index contributed by atoms with van der Waals surface area (Å²) in [5.74, 6) is 0. The largest absolute Gasteiger partial charge is 0.0714 e. The Morgan fingerprint density at radius 1 is 0.311 bits per heavy atom. The van der Waals surface area contributed by atoms with E-state index in [9.17, 15) is 0 Å². The molecule has 0 atom stereocenters. The number of rotatable bonds is 4. The van der Waals surface area contributed by atoms with Gasteiger partial charge in [0.2, 0.25) is 0 Å². The summed E-state index contributed by atoms with van der Waals surface area (Å²) in [6.07, 6.45) is 0. The van der Waals surface area contributed by atoms with Crippen molar-refractivity contribution in [3.8, 4) is 33.4 Å². The molecule has 0 saturated heterocycles. The molecule has 0 heterocycles. The summed E-state index contributed by atoms with van der Waals surface area (Å²) in [7, 11) is 0. The van der Waals surface area contributed by atoms with E-state index in [1.165, 1.54) is 77.2 Å². The maximum Gasteiger partial charge on any atom is 0.0714 e. The fourth-order valence-corrected chi connectivity index (χ4v) is 7.84. The SMILES string of the molecule is c1ccc(-c2ccc3c(c2)C(c2ccccc2)(c2ccccc2)c2cc(-c4cccc5ccccc45)c4ccccc4c2-3)cc1. The van der Waals surface area contributed by atoms with Crippen molar-refractivity contribution in [1.29, 1.82) is 0 Å². The maximum absolute atomic E-state index is 2.52. The van der Waals surface area contributed by atoms with Crippen LogP contribution in [0, 0.1) is 0 Å². The Labute approximate surface area is 263 Å². The second kappa shape index (κ2) is 10.2. The quantitative estimate of drug-likeness (QED) is 0.197. The minimum atomic E-state index is -0.499. The zero-order chi connectivity index (χ0) is 29.8. The molecule has 8 aromatic carbocycles. The van der Waals surface area contributed by atoms with Crippen molar-refractivity contribution in [3.05, 3.63) is 204 Å². The van der Waals surface area contributed by atoms with Crippen LogP contribution in [-0.4, -0.2) is 0 Å². The Bertz CT molecular complexity index is 2300. The van der Waals surface area contributed by atoms with Crippen LogP contribution in [0.1, 0.15) is 22.3 Å². The summed E-state index contributed by atoms with van der Waals surface area (Å²) < 4.78 is 0. The molecule has 0 spiro atoms. The van der Waals surface area contributed by atoms with Gasteiger partial charge < -0.3 is 0 Å². The molecular weight excluding hydrogens is 540 g/mol. The smallest absolute Gasteiger partial charge is 0.0622 e. The van der Waals surface area contributed by atoms with Crippen molar-refractivity contribution in [1.82, 2.24) is 0 Å². The second-order valence-corrected chi connectivity index (χ2v) is 12.0. The molecule has 0 heteroatoms. The predicted octanol–water partition coefficient (Wildman–Crippen LogP) is 11.7. The van der Waals surface area contributed by atoms with Crippen LogP contribution in [0.5, 0.6) is 0 Å². The lowest BCUT2D eigenvalue weighted by atomic mass is 9.67. The lowest BCUT2D eigenvalue weighted by molar-refractivity contribution is 0.769. The second-order valence-electron chi connectivity index (χ2n) is 12.0. The molecule has 0 radical (unpaired) electrons. The summed E-state index contributed by atoms with van der Waals surface area (Å²) in [4.78, 5) is 0. The van der Waals surface area contributed by atoms with E-state index in [0.29, 0.717) is 0 Å². The number of hydrogen-bond donors (Lipinski definition) is 0. The molecule has 9 rings (SSSR count). The monoisotopic (exact) mass is 570 g/mol. The van der Waals surface area contributed by atoms with Gasteiger partial charge in [0.05, 0.1) is 5.41 Å². The molecule has 0 fully saturated rings. The summed E-state index contributed by atoms with van der Waals surface area (Å²) in [6.45, 7) is 0. The van der Waals surface area contributed by atoms with E-state index in [1.54, 1.807) is 0 Å². The maximum atomic E-state index is 2.52. The molecule has 0 aromatic heterocycles. The average molecular weight is 571 g/mol. The van der Waals surface area contributed by atoms with E-state index in [0.717, 1.165) is 0 Å². The van der Waals surface area contributed by atoms with Crippen LogP contribution in [0.15, 0.2) is 182 Å². The van der Waals surface area contributed by atoms with Crippen LogP contribution in [-0.2, 0) is 5.41 Å². The first-order valence-electron chi connectivity index (χ1n) is 15.7. The van der Waals surface area contributed by atoms with Gasteiger partial charge in [0.1, 0.15) is 0 Å². The normalized spacial score (nSPS) is 13.1. The van der Waals surface area contributed by atoms with Gasteiger partial charge in [-0.2, -0.15) is 0 Å². The number of benzene rings is 8. The third kappa shape index (κ3) is 3.79. The highest BCUT2D eigenvalue weighted by atomic mass is 14.5. The fourth-order valence-electron chi connectivity index (χ4n) is 7.84. The van der Waals surface area contributed by atoms with Crippen LogP contribution in [0.2, 0.25) is 0 Å². The van der Waals surface area contributed by atoms with E-state index in [-0.39, 0.29) is 0 Å². The van der Waals surface area contributed by atoms with Gasteiger partial charge in [0, 0.05) is 0 Å². The summed E-state index contributed by atoms with van der Waals surface area (Å²) in [6, 6.07) is 67.1. The van der Waals surface area contributed by atoms with Gasteiger partial charge in [-0.15, -0.1) is 0 Å². The lowest BCUT2D eigenvalue weighted by Gasteiger charge is -2.34.